The normalized spacial score (nSPS) is 11.8. The third kappa shape index (κ3) is 5.04. The van der Waals surface area contributed by atoms with Gasteiger partial charge in [-0.1, -0.05) is 6.07 Å². The van der Waals surface area contributed by atoms with E-state index in [0.29, 0.717) is 16.8 Å². The minimum atomic E-state index is -4.48. The maximum atomic E-state index is 13.0. The molecule has 9 nitrogen and oxygen atoms in total. The van der Waals surface area contributed by atoms with Crippen LogP contribution in [0.4, 0.5) is 30.4 Å². The highest BCUT2D eigenvalue weighted by molar-refractivity contribution is 7.92. The molecule has 2 aromatic carbocycles. The lowest BCUT2D eigenvalue weighted by Crippen LogP contribution is -2.15. The van der Waals surface area contributed by atoms with E-state index in [2.05, 4.69) is 25.0 Å². The summed E-state index contributed by atoms with van der Waals surface area (Å²) in [5, 5.41) is 3.55. The maximum Gasteiger partial charge on any atom is 0.416 e. The van der Waals surface area contributed by atoms with Crippen molar-refractivity contribution in [1.29, 1.82) is 0 Å². The van der Waals surface area contributed by atoms with Gasteiger partial charge in [0.2, 0.25) is 5.75 Å². The molecular weight excluding hydrogens is 487 g/mol. The molecule has 0 atom stereocenters. The van der Waals surface area contributed by atoms with Gasteiger partial charge in [-0.15, -0.1) is 0 Å². The van der Waals surface area contributed by atoms with Crippen molar-refractivity contribution in [1.82, 2.24) is 15.0 Å². The standard InChI is InChI=1S/C22H18F3N5O4S/c1-33-19-20(27-12-28-21(19)34-2)30-35(31,32)15-6-4-14(5-7-15)29-17-9-10-26-18-11-13(22(23,24)25)3-8-16(17)18/h3-12H,1-2H3,(H,26,29)(H,27,28,30). The summed E-state index contributed by atoms with van der Waals surface area (Å²) in [4.78, 5) is 11.7. The number of hydrogen-bond acceptors (Lipinski definition) is 8. The number of rotatable bonds is 7. The Hall–Kier alpha value is -4.13. The Bertz CT molecular complexity index is 1480. The zero-order chi connectivity index (χ0) is 25.2. The highest BCUT2D eigenvalue weighted by atomic mass is 32.2. The largest absolute Gasteiger partial charge is 0.489 e. The molecule has 0 saturated heterocycles. The van der Waals surface area contributed by atoms with Crippen molar-refractivity contribution in [3.8, 4) is 11.6 Å². The number of hydrogen-bond donors (Lipinski definition) is 2. The fraction of sp³-hybridized carbons (Fsp3) is 0.136. The lowest BCUT2D eigenvalue weighted by Gasteiger charge is -2.14. The van der Waals surface area contributed by atoms with Gasteiger partial charge in [0.1, 0.15) is 6.33 Å². The van der Waals surface area contributed by atoms with E-state index in [1.165, 1.54) is 50.7 Å². The van der Waals surface area contributed by atoms with Crippen LogP contribution in [-0.4, -0.2) is 37.6 Å². The second-order valence-corrected chi connectivity index (χ2v) is 8.79. The molecule has 0 unspecified atom stereocenters. The van der Waals surface area contributed by atoms with Gasteiger partial charge in [-0.3, -0.25) is 9.71 Å². The molecule has 0 radical (unpaired) electrons. The van der Waals surface area contributed by atoms with Gasteiger partial charge < -0.3 is 14.8 Å². The predicted molar refractivity (Wildman–Crippen MR) is 122 cm³/mol. The van der Waals surface area contributed by atoms with Gasteiger partial charge in [0.15, 0.2) is 5.82 Å². The van der Waals surface area contributed by atoms with Crippen molar-refractivity contribution in [2.75, 3.05) is 24.3 Å². The summed E-state index contributed by atoms with van der Waals surface area (Å²) in [6.07, 6.45) is -1.96. The summed E-state index contributed by atoms with van der Waals surface area (Å²) < 4.78 is 77.2. The fourth-order valence-corrected chi connectivity index (χ4v) is 4.26. The Morgan fingerprint density at radius 3 is 2.31 bits per heavy atom. The Morgan fingerprint density at radius 2 is 1.66 bits per heavy atom. The molecule has 0 bridgehead atoms. The maximum absolute atomic E-state index is 13.0. The number of pyridine rings is 1. The topological polar surface area (TPSA) is 115 Å². The van der Waals surface area contributed by atoms with Crippen molar-refractivity contribution >= 4 is 38.1 Å². The van der Waals surface area contributed by atoms with Crippen LogP contribution >= 0.6 is 0 Å². The van der Waals surface area contributed by atoms with E-state index >= 15 is 0 Å². The first-order valence-electron chi connectivity index (χ1n) is 9.91. The van der Waals surface area contributed by atoms with E-state index in [-0.39, 0.29) is 27.9 Å². The number of nitrogens with zero attached hydrogens (tertiary/aromatic N) is 3. The third-order valence-electron chi connectivity index (χ3n) is 4.91. The van der Waals surface area contributed by atoms with Crippen molar-refractivity contribution in [2.45, 2.75) is 11.1 Å². The quantitative estimate of drug-likeness (QED) is 0.374. The van der Waals surface area contributed by atoms with Crippen LogP contribution in [0.1, 0.15) is 5.56 Å². The average Bonchev–Trinajstić information content (AvgIpc) is 2.83. The molecule has 0 saturated carbocycles. The number of methoxy groups -OCH3 is 2. The number of halogens is 3. The highest BCUT2D eigenvalue weighted by Crippen LogP contribution is 2.34. The second-order valence-electron chi connectivity index (χ2n) is 7.11. The molecule has 0 aliphatic rings. The lowest BCUT2D eigenvalue weighted by atomic mass is 10.1. The summed E-state index contributed by atoms with van der Waals surface area (Å²) in [5.74, 6) is -0.00943. The highest BCUT2D eigenvalue weighted by Gasteiger charge is 2.30. The molecule has 13 heteroatoms. The number of anilines is 3. The van der Waals surface area contributed by atoms with Crippen molar-refractivity contribution < 1.29 is 31.1 Å². The molecule has 4 aromatic rings. The van der Waals surface area contributed by atoms with E-state index in [1.807, 2.05) is 0 Å². The molecule has 0 amide bonds. The summed E-state index contributed by atoms with van der Waals surface area (Å²) in [7, 11) is -1.35. The molecule has 35 heavy (non-hydrogen) atoms. The zero-order valence-corrected chi connectivity index (χ0v) is 19.1. The van der Waals surface area contributed by atoms with Crippen molar-refractivity contribution in [3.63, 3.8) is 0 Å². The van der Waals surface area contributed by atoms with Gasteiger partial charge >= 0.3 is 6.18 Å². The zero-order valence-electron chi connectivity index (χ0n) is 18.3. The molecule has 0 spiro atoms. The average molecular weight is 505 g/mol. The monoisotopic (exact) mass is 505 g/mol. The number of aromatic nitrogens is 3. The number of alkyl halides is 3. The summed E-state index contributed by atoms with van der Waals surface area (Å²) in [6.45, 7) is 0. The molecule has 0 fully saturated rings. The van der Waals surface area contributed by atoms with Crippen molar-refractivity contribution in [2.24, 2.45) is 0 Å². The van der Waals surface area contributed by atoms with Crippen LogP contribution in [0.15, 0.2) is 66.0 Å². The molecule has 182 valence electrons. The number of sulfonamides is 1. The van der Waals surface area contributed by atoms with Gasteiger partial charge in [0.25, 0.3) is 15.9 Å². The Morgan fingerprint density at radius 1 is 0.914 bits per heavy atom. The Kier molecular flexibility index (Phi) is 6.35. The first-order valence-corrected chi connectivity index (χ1v) is 11.4. The van der Waals surface area contributed by atoms with Gasteiger partial charge in [-0.25, -0.2) is 13.4 Å². The van der Waals surface area contributed by atoms with E-state index < -0.39 is 21.8 Å². The van der Waals surface area contributed by atoms with E-state index in [0.717, 1.165) is 18.5 Å². The minimum Gasteiger partial charge on any atom is -0.489 e. The number of ether oxygens (including phenoxy) is 2. The second kappa shape index (κ2) is 9.25. The molecule has 4 rings (SSSR count). The summed E-state index contributed by atoms with van der Waals surface area (Å²) >= 11 is 0. The Balaban J connectivity index is 1.57. The first kappa shape index (κ1) is 24.0. The SMILES string of the molecule is COc1ncnc(NS(=O)(=O)c2ccc(Nc3ccnc4cc(C(F)(F)F)ccc34)cc2)c1OC. The van der Waals surface area contributed by atoms with Gasteiger partial charge in [0.05, 0.1) is 30.2 Å². The molecule has 2 heterocycles. The number of nitrogens with one attached hydrogen (secondary N) is 2. The molecule has 2 N–H and O–H groups in total. The molecule has 0 aliphatic heterocycles. The number of benzene rings is 2. The summed E-state index contributed by atoms with van der Waals surface area (Å²) in [5.41, 5.74) is 0.394. The van der Waals surface area contributed by atoms with E-state index in [1.54, 1.807) is 6.07 Å². The summed E-state index contributed by atoms with van der Waals surface area (Å²) in [6, 6.07) is 10.6. The van der Waals surface area contributed by atoms with E-state index in [4.69, 9.17) is 9.47 Å². The first-order chi connectivity index (χ1) is 16.6. The van der Waals surface area contributed by atoms with Gasteiger partial charge in [-0.2, -0.15) is 18.2 Å². The minimum absolute atomic E-state index is 0.0232. The van der Waals surface area contributed by atoms with Crippen LogP contribution in [0, 0.1) is 0 Å². The van der Waals surface area contributed by atoms with Crippen LogP contribution in [0.25, 0.3) is 10.9 Å². The van der Waals surface area contributed by atoms with Crippen LogP contribution in [0.2, 0.25) is 0 Å². The Labute approximate surface area is 198 Å². The van der Waals surface area contributed by atoms with Crippen LogP contribution in [0.5, 0.6) is 11.6 Å². The van der Waals surface area contributed by atoms with E-state index in [9.17, 15) is 21.6 Å². The van der Waals surface area contributed by atoms with Gasteiger partial charge in [0, 0.05) is 23.0 Å². The fourth-order valence-electron chi connectivity index (χ4n) is 3.25. The number of fused-ring (bicyclic) bond motifs is 1. The van der Waals surface area contributed by atoms with Crippen molar-refractivity contribution in [3.05, 3.63) is 66.6 Å². The van der Waals surface area contributed by atoms with Crippen LogP contribution in [-0.2, 0) is 16.2 Å². The predicted octanol–water partition coefficient (Wildman–Crippen LogP) is 4.61. The molecule has 0 aliphatic carbocycles. The molecular formula is C22H18F3N5O4S. The smallest absolute Gasteiger partial charge is 0.416 e. The third-order valence-corrected chi connectivity index (χ3v) is 6.27. The van der Waals surface area contributed by atoms with Crippen LogP contribution in [0.3, 0.4) is 0 Å². The lowest BCUT2D eigenvalue weighted by molar-refractivity contribution is -0.137. The molecule has 2 aromatic heterocycles. The van der Waals surface area contributed by atoms with Gasteiger partial charge in [-0.05, 0) is 42.5 Å². The van der Waals surface area contributed by atoms with Crippen LogP contribution < -0.4 is 19.5 Å².